The number of alkyl halides is 3. The van der Waals surface area contributed by atoms with Crippen LogP contribution in [-0.4, -0.2) is 25.2 Å². The number of carbonyl (C=O) groups is 2. The highest BCUT2D eigenvalue weighted by Gasteiger charge is 2.57. The zero-order valence-electron chi connectivity index (χ0n) is 21.6. The van der Waals surface area contributed by atoms with Crippen LogP contribution in [0.15, 0.2) is 78.9 Å². The molecule has 0 radical (unpaired) electrons. The fourth-order valence-electron chi connectivity index (χ4n) is 5.82. The standard InChI is InChI=1S/C31H20ClF3N2O5/c32-18-9-10-23(21(11-18)31(33,34)35)36-28(38)19-6-2-1-5-17(19)14-37-24-8-4-3-7-20(24)30(29(37)39)15-40-25-13-27-26(12-22(25)30)41-16-42-27/h1-13H,14-16H2,(H,36,38). The van der Waals surface area contributed by atoms with Gasteiger partial charge in [0.2, 0.25) is 12.7 Å². The smallest absolute Gasteiger partial charge is 0.418 e. The Morgan fingerprint density at radius 1 is 0.905 bits per heavy atom. The molecule has 212 valence electrons. The monoisotopic (exact) mass is 592 g/mol. The molecule has 11 heteroatoms. The number of nitrogens with zero attached hydrogens (tertiary/aromatic N) is 1. The molecule has 7 nitrogen and oxygen atoms in total. The first-order valence-corrected chi connectivity index (χ1v) is 13.3. The summed E-state index contributed by atoms with van der Waals surface area (Å²) >= 11 is 5.79. The first-order chi connectivity index (χ1) is 20.2. The number of halogens is 4. The van der Waals surface area contributed by atoms with Crippen LogP contribution in [0, 0.1) is 0 Å². The highest BCUT2D eigenvalue weighted by Crippen LogP contribution is 2.55. The summed E-state index contributed by atoms with van der Waals surface area (Å²) in [5.41, 5.74) is -0.0242. The van der Waals surface area contributed by atoms with Crippen LogP contribution >= 0.6 is 11.6 Å². The minimum absolute atomic E-state index is 0.00613. The van der Waals surface area contributed by atoms with Crippen molar-refractivity contribution in [3.8, 4) is 17.2 Å². The average Bonchev–Trinajstić information content (AvgIpc) is 3.65. The molecule has 0 saturated heterocycles. The molecule has 1 N–H and O–H groups in total. The zero-order valence-corrected chi connectivity index (χ0v) is 22.4. The Morgan fingerprint density at radius 3 is 2.45 bits per heavy atom. The molecule has 3 heterocycles. The second kappa shape index (κ2) is 9.42. The van der Waals surface area contributed by atoms with E-state index < -0.39 is 28.7 Å². The van der Waals surface area contributed by atoms with Gasteiger partial charge in [-0.05, 0) is 47.5 Å². The average molecular weight is 593 g/mol. The molecule has 42 heavy (non-hydrogen) atoms. The Hall–Kier alpha value is -4.70. The van der Waals surface area contributed by atoms with Crippen LogP contribution in [0.3, 0.4) is 0 Å². The Balaban J connectivity index is 1.24. The maximum Gasteiger partial charge on any atom is 0.418 e. The van der Waals surface area contributed by atoms with Gasteiger partial charge in [-0.3, -0.25) is 9.59 Å². The number of para-hydroxylation sites is 1. The highest BCUT2D eigenvalue weighted by molar-refractivity contribution is 6.30. The molecule has 4 aromatic rings. The van der Waals surface area contributed by atoms with Crippen LogP contribution in [0.1, 0.15) is 32.6 Å². The molecule has 7 rings (SSSR count). The van der Waals surface area contributed by atoms with E-state index in [-0.39, 0.29) is 36.4 Å². The number of fused-ring (bicyclic) bond motifs is 5. The summed E-state index contributed by atoms with van der Waals surface area (Å²) in [5.74, 6) is 0.567. The van der Waals surface area contributed by atoms with Gasteiger partial charge in [-0.15, -0.1) is 0 Å². The Kier molecular flexibility index (Phi) is 5.88. The molecule has 3 aliphatic heterocycles. The van der Waals surface area contributed by atoms with Crippen molar-refractivity contribution in [2.45, 2.75) is 18.1 Å². The van der Waals surface area contributed by atoms with Crippen LogP contribution < -0.4 is 24.4 Å². The van der Waals surface area contributed by atoms with Crippen molar-refractivity contribution in [1.82, 2.24) is 0 Å². The van der Waals surface area contributed by atoms with Gasteiger partial charge in [0.15, 0.2) is 11.5 Å². The number of hydrogen-bond donors (Lipinski definition) is 1. The van der Waals surface area contributed by atoms with Crippen LogP contribution in [0.5, 0.6) is 17.2 Å². The Morgan fingerprint density at radius 2 is 1.64 bits per heavy atom. The number of hydrogen-bond acceptors (Lipinski definition) is 5. The first kappa shape index (κ1) is 26.2. The number of benzene rings is 4. The third kappa shape index (κ3) is 3.97. The number of rotatable bonds is 4. The molecule has 0 aromatic heterocycles. The van der Waals surface area contributed by atoms with Crippen molar-refractivity contribution in [3.63, 3.8) is 0 Å². The van der Waals surface area contributed by atoms with E-state index in [1.165, 1.54) is 12.1 Å². The van der Waals surface area contributed by atoms with Gasteiger partial charge >= 0.3 is 6.18 Å². The maximum atomic E-state index is 14.3. The topological polar surface area (TPSA) is 77.1 Å². The lowest BCUT2D eigenvalue weighted by Crippen LogP contribution is -2.42. The molecule has 0 aliphatic carbocycles. The quantitative estimate of drug-likeness (QED) is 0.290. The summed E-state index contributed by atoms with van der Waals surface area (Å²) in [6, 6.07) is 20.5. The van der Waals surface area contributed by atoms with Crippen molar-refractivity contribution in [2.75, 3.05) is 23.6 Å². The summed E-state index contributed by atoms with van der Waals surface area (Å²) in [4.78, 5) is 29.3. The SMILES string of the molecule is O=C(Nc1ccc(Cl)cc1C(F)(F)F)c1ccccc1CN1C(=O)C2(COc3cc4c(cc32)OCO4)c2ccccc21. The Bertz CT molecular complexity index is 1790. The third-order valence-electron chi connectivity index (χ3n) is 7.77. The van der Waals surface area contributed by atoms with Crippen molar-refractivity contribution in [1.29, 1.82) is 0 Å². The molecule has 0 saturated carbocycles. The second-order valence-corrected chi connectivity index (χ2v) is 10.5. The van der Waals surface area contributed by atoms with Crippen molar-refractivity contribution in [3.05, 3.63) is 112 Å². The lowest BCUT2D eigenvalue weighted by atomic mass is 9.77. The third-order valence-corrected chi connectivity index (χ3v) is 8.00. The molecule has 0 bridgehead atoms. The molecule has 4 aromatic carbocycles. The molecule has 1 spiro atoms. The number of amides is 2. The summed E-state index contributed by atoms with van der Waals surface area (Å²) in [6.07, 6.45) is -4.73. The molecular formula is C31H20ClF3N2O5. The van der Waals surface area contributed by atoms with Gasteiger partial charge < -0.3 is 24.4 Å². The predicted octanol–water partition coefficient (Wildman–Crippen LogP) is 6.57. The minimum atomic E-state index is -4.73. The van der Waals surface area contributed by atoms with E-state index in [9.17, 15) is 22.8 Å². The van der Waals surface area contributed by atoms with E-state index in [4.69, 9.17) is 25.8 Å². The van der Waals surface area contributed by atoms with Gasteiger partial charge in [-0.1, -0.05) is 48.0 Å². The van der Waals surface area contributed by atoms with Gasteiger partial charge in [0.1, 0.15) is 17.8 Å². The number of anilines is 2. The molecule has 1 atom stereocenters. The zero-order chi connectivity index (χ0) is 29.2. The van der Waals surface area contributed by atoms with Gasteiger partial charge in [0.25, 0.3) is 5.91 Å². The van der Waals surface area contributed by atoms with E-state index in [2.05, 4.69) is 5.32 Å². The minimum Gasteiger partial charge on any atom is -0.491 e. The first-order valence-electron chi connectivity index (χ1n) is 12.9. The number of nitrogens with one attached hydrogen (secondary N) is 1. The molecular weight excluding hydrogens is 573 g/mol. The van der Waals surface area contributed by atoms with Crippen LogP contribution in [0.25, 0.3) is 0 Å². The van der Waals surface area contributed by atoms with Crippen molar-refractivity contribution in [2.24, 2.45) is 0 Å². The summed E-state index contributed by atoms with van der Waals surface area (Å²) in [5, 5.41) is 2.27. The summed E-state index contributed by atoms with van der Waals surface area (Å²) < 4.78 is 58.0. The van der Waals surface area contributed by atoms with Crippen molar-refractivity contribution < 1.29 is 37.0 Å². The van der Waals surface area contributed by atoms with Crippen molar-refractivity contribution >= 4 is 34.8 Å². The van der Waals surface area contributed by atoms with Crippen LogP contribution in [0.4, 0.5) is 24.5 Å². The fourth-order valence-corrected chi connectivity index (χ4v) is 5.99. The van der Waals surface area contributed by atoms with E-state index in [0.29, 0.717) is 34.1 Å². The summed E-state index contributed by atoms with van der Waals surface area (Å²) in [7, 11) is 0. The lowest BCUT2D eigenvalue weighted by Gasteiger charge is -2.24. The Labute approximate surface area is 242 Å². The van der Waals surface area contributed by atoms with Gasteiger partial charge in [0.05, 0.1) is 17.8 Å². The van der Waals surface area contributed by atoms with Gasteiger partial charge in [-0.2, -0.15) is 13.2 Å². The molecule has 1 unspecified atom stereocenters. The largest absolute Gasteiger partial charge is 0.491 e. The number of carbonyl (C=O) groups excluding carboxylic acids is 2. The maximum absolute atomic E-state index is 14.3. The second-order valence-electron chi connectivity index (χ2n) is 10.1. The number of ether oxygens (including phenoxy) is 3. The lowest BCUT2D eigenvalue weighted by molar-refractivity contribution is -0.137. The molecule has 0 fully saturated rings. The van der Waals surface area contributed by atoms with Gasteiger partial charge in [-0.25, -0.2) is 0 Å². The van der Waals surface area contributed by atoms with Crippen LogP contribution in [-0.2, 0) is 22.9 Å². The molecule has 2 amide bonds. The van der Waals surface area contributed by atoms with E-state index in [1.54, 1.807) is 35.2 Å². The summed E-state index contributed by atoms with van der Waals surface area (Å²) in [6.45, 7) is 0.130. The van der Waals surface area contributed by atoms with Gasteiger partial charge in [0, 0.05) is 27.9 Å². The van der Waals surface area contributed by atoms with E-state index in [0.717, 1.165) is 17.7 Å². The predicted molar refractivity (Wildman–Crippen MR) is 147 cm³/mol. The van der Waals surface area contributed by atoms with E-state index >= 15 is 0 Å². The fraction of sp³-hybridized carbons (Fsp3) is 0.161. The molecule has 3 aliphatic rings. The van der Waals surface area contributed by atoms with E-state index in [1.807, 2.05) is 24.3 Å². The highest BCUT2D eigenvalue weighted by atomic mass is 35.5. The van der Waals surface area contributed by atoms with Crippen LogP contribution in [0.2, 0.25) is 5.02 Å². The normalized spacial score (nSPS) is 18.2.